The zero-order valence-corrected chi connectivity index (χ0v) is 74.4. The first kappa shape index (κ1) is 79.5. The zero-order chi connectivity index (χ0) is 90.4. The van der Waals surface area contributed by atoms with Crippen molar-refractivity contribution in [3.8, 4) is 141 Å². The molecule has 0 aliphatic rings. The minimum atomic E-state index is 0.685. The van der Waals surface area contributed by atoms with E-state index in [4.69, 9.17) is 19.9 Å². The van der Waals surface area contributed by atoms with Crippen LogP contribution in [0.25, 0.3) is 250 Å². The molecule has 0 amide bonds. The van der Waals surface area contributed by atoms with Gasteiger partial charge in [0.05, 0.1) is 77.9 Å². The van der Waals surface area contributed by atoms with Crippen LogP contribution in [0.1, 0.15) is 0 Å². The molecule has 0 bridgehead atoms. The van der Waals surface area contributed by atoms with Crippen LogP contribution in [0.4, 0.5) is 0 Å². The number of benzene rings is 20. The molecule has 0 fully saturated rings. The lowest BCUT2D eigenvalue weighted by molar-refractivity contribution is 1.16. The summed E-state index contributed by atoms with van der Waals surface area (Å²) in [7, 11) is 0. The summed E-state index contributed by atoms with van der Waals surface area (Å²) in [4.78, 5) is 20.7. The number of aromatic nitrogens is 9. The summed E-state index contributed by atoms with van der Waals surface area (Å²) in [6, 6.07) is 180. The summed E-state index contributed by atoms with van der Waals surface area (Å²) in [6.07, 6.45) is 0. The number of rotatable bonds is 15. The lowest BCUT2D eigenvalue weighted by Gasteiger charge is -2.12. The van der Waals surface area contributed by atoms with Crippen LogP contribution in [0.2, 0.25) is 0 Å². The van der Waals surface area contributed by atoms with Crippen LogP contribution in [-0.4, -0.2) is 42.8 Å². The van der Waals surface area contributed by atoms with Gasteiger partial charge in [-0.1, -0.05) is 346 Å². The van der Waals surface area contributed by atoms with Crippen LogP contribution in [0.5, 0.6) is 0 Å². The summed E-state index contributed by atoms with van der Waals surface area (Å²) >= 11 is 0. The fourth-order valence-corrected chi connectivity index (χ4v) is 20.6. The molecule has 7 heterocycles. The van der Waals surface area contributed by atoms with Crippen LogP contribution >= 0.6 is 0 Å². The third-order valence-electron chi connectivity index (χ3n) is 27.2. The average Bonchev–Trinajstić information content (AvgIpc) is 1.56. The molecule has 7 aromatic heterocycles. The lowest BCUT2D eigenvalue weighted by Crippen LogP contribution is -1.97. The molecular formula is C128H83N9. The van der Waals surface area contributed by atoms with E-state index >= 15 is 0 Å². The monoisotopic (exact) mass is 1750 g/mol. The Balaban J connectivity index is 0.000000142. The zero-order valence-electron chi connectivity index (χ0n) is 74.4. The van der Waals surface area contributed by atoms with E-state index in [2.05, 4.69) is 502 Å². The van der Waals surface area contributed by atoms with Crippen molar-refractivity contribution >= 4 is 109 Å². The number of para-hydroxylation sites is 6. The Bertz CT molecular complexity index is 9290. The van der Waals surface area contributed by atoms with Crippen molar-refractivity contribution in [2.24, 2.45) is 0 Å². The second-order valence-electron chi connectivity index (χ2n) is 35.2. The second-order valence-corrected chi connectivity index (χ2v) is 35.2. The normalized spacial score (nSPS) is 11.6. The summed E-state index contributed by atoms with van der Waals surface area (Å²) in [6.45, 7) is 0. The number of hydrogen-bond acceptors (Lipinski definition) is 4. The molecule has 0 unspecified atom stereocenters. The van der Waals surface area contributed by atoms with Gasteiger partial charge in [-0.3, -0.25) is 0 Å². The van der Waals surface area contributed by atoms with Gasteiger partial charge in [-0.15, -0.1) is 0 Å². The Labute approximate surface area is 790 Å². The highest BCUT2D eigenvalue weighted by atomic mass is 15.0. The van der Waals surface area contributed by atoms with Gasteiger partial charge < -0.3 is 22.8 Å². The van der Waals surface area contributed by atoms with E-state index < -0.39 is 0 Å². The van der Waals surface area contributed by atoms with Crippen LogP contribution in [0.3, 0.4) is 0 Å². The molecule has 0 spiro atoms. The first-order chi connectivity index (χ1) is 67.9. The first-order valence-electron chi connectivity index (χ1n) is 46.6. The third-order valence-corrected chi connectivity index (χ3v) is 27.2. The van der Waals surface area contributed by atoms with Crippen molar-refractivity contribution in [2.45, 2.75) is 0 Å². The number of nitrogens with zero attached hydrogens (tertiary/aromatic N) is 9. The predicted molar refractivity (Wildman–Crippen MR) is 570 cm³/mol. The molecule has 0 atom stereocenters. The molecular weight excluding hydrogens is 1660 g/mol. The van der Waals surface area contributed by atoms with E-state index in [0.29, 0.717) is 11.6 Å². The van der Waals surface area contributed by atoms with E-state index in [1.54, 1.807) is 0 Å². The van der Waals surface area contributed by atoms with Gasteiger partial charge >= 0.3 is 0 Å². The van der Waals surface area contributed by atoms with Gasteiger partial charge in [0.25, 0.3) is 0 Å². The van der Waals surface area contributed by atoms with Crippen molar-refractivity contribution in [3.63, 3.8) is 0 Å². The smallest absolute Gasteiger partial charge is 0.160 e. The van der Waals surface area contributed by atoms with E-state index in [1.165, 1.54) is 131 Å². The minimum Gasteiger partial charge on any atom is -0.309 e. The van der Waals surface area contributed by atoms with Crippen molar-refractivity contribution in [2.75, 3.05) is 0 Å². The highest BCUT2D eigenvalue weighted by molar-refractivity contribution is 6.21. The highest BCUT2D eigenvalue weighted by Crippen LogP contribution is 2.46. The highest BCUT2D eigenvalue weighted by Gasteiger charge is 2.25. The van der Waals surface area contributed by atoms with Crippen LogP contribution in [0, 0.1) is 0 Å². The Kier molecular flexibility index (Phi) is 19.4. The van der Waals surface area contributed by atoms with Gasteiger partial charge in [0.1, 0.15) is 0 Å². The molecule has 0 N–H and O–H groups in total. The van der Waals surface area contributed by atoms with Gasteiger partial charge in [0.2, 0.25) is 0 Å². The maximum atomic E-state index is 5.21. The molecule has 27 rings (SSSR count). The molecule has 9 nitrogen and oxygen atoms in total. The summed E-state index contributed by atoms with van der Waals surface area (Å²) in [5, 5.41) is 12.1. The molecule has 0 saturated heterocycles. The fourth-order valence-electron chi connectivity index (χ4n) is 20.6. The molecule has 0 saturated carbocycles. The Morgan fingerprint density at radius 3 is 0.584 bits per heavy atom. The molecule has 9 heteroatoms. The van der Waals surface area contributed by atoms with Gasteiger partial charge in [0, 0.05) is 116 Å². The van der Waals surface area contributed by atoms with Crippen LogP contribution in [-0.2, 0) is 0 Å². The molecule has 640 valence electrons. The summed E-state index contributed by atoms with van der Waals surface area (Å²) in [5.74, 6) is 1.37. The molecule has 137 heavy (non-hydrogen) atoms. The van der Waals surface area contributed by atoms with E-state index in [-0.39, 0.29) is 0 Å². The lowest BCUT2D eigenvalue weighted by atomic mass is 10.0. The van der Waals surface area contributed by atoms with Gasteiger partial charge in [-0.05, 0) is 202 Å². The third kappa shape index (κ3) is 14.1. The largest absolute Gasteiger partial charge is 0.309 e. The molecule has 20 aromatic carbocycles. The average molecular weight is 1750 g/mol. The summed E-state index contributed by atoms with van der Waals surface area (Å²) < 4.78 is 12.1. The summed E-state index contributed by atoms with van der Waals surface area (Å²) in [5.41, 5.74) is 36.5. The van der Waals surface area contributed by atoms with Gasteiger partial charge in [0.15, 0.2) is 11.6 Å². The Morgan fingerprint density at radius 2 is 0.292 bits per heavy atom. The minimum absolute atomic E-state index is 0.685. The van der Waals surface area contributed by atoms with Crippen molar-refractivity contribution < 1.29 is 0 Å². The van der Waals surface area contributed by atoms with Crippen molar-refractivity contribution in [1.29, 1.82) is 0 Å². The van der Waals surface area contributed by atoms with Crippen LogP contribution < -0.4 is 0 Å². The molecule has 0 aliphatic carbocycles. The van der Waals surface area contributed by atoms with Gasteiger partial charge in [-0.25, -0.2) is 19.9 Å². The van der Waals surface area contributed by atoms with E-state index in [0.717, 1.165) is 107 Å². The van der Waals surface area contributed by atoms with Gasteiger partial charge in [-0.2, -0.15) is 0 Å². The predicted octanol–water partition coefficient (Wildman–Crippen LogP) is 33.1. The Hall–Kier alpha value is -18.4. The Morgan fingerprint density at radius 1 is 0.109 bits per heavy atom. The number of hydrogen-bond donors (Lipinski definition) is 0. The molecule has 0 radical (unpaired) electrons. The SMILES string of the molecule is c1ccc(-c2ccc(-c3cc(-c4ccccc4)nc(-c4ccc(-n5c6ccccc6c6cc7c(cc65)c5ccccc5n7-c5ccc6c(c5)c5ccccc5n6-c5ccccc5)cc4)n3)cc2)cc1.c1ccc(-c2ccc(-c3ccc(-n4c5ccccc5c5cc6c(cc54)c4ccccc4n6-c4ccc(-c5nc(-c6ccccc6)cc(-c6ccc(-c7ccccc7)cc6)n5)cc4)cc3)cc2)cc1. The van der Waals surface area contributed by atoms with E-state index in [9.17, 15) is 0 Å². The van der Waals surface area contributed by atoms with Crippen LogP contribution in [0.15, 0.2) is 504 Å². The fraction of sp³-hybridized carbons (Fsp3) is 0. The standard InChI is InChI=1S/C64H41N5.C64H42N4/c1-4-16-42(17-5-1)43-28-30-45(31-29-43)57-41-56(44-18-6-2-7-19-44)65-64(66-57)46-32-34-48(35-33-46)68-59-26-14-11-23-51(59)54-40-63-55(39-62(54)68)52-24-12-15-27-60(52)69(63)49-36-37-61-53(38-49)50-22-10-13-25-58(50)67(61)47-20-8-3-9-21-47;1-4-14-43(15-5-1)45-24-26-47(27-25-45)48-32-36-52(37-33-48)67-60-22-12-10-20-54(60)56-41-63-57(40-62(56)67)55-21-11-13-23-61(55)68(63)53-38-34-51(35-39-53)64-65-58(49-18-8-3-9-19-49)42-59(66-64)50-30-28-46(29-31-50)44-16-6-2-7-17-44/h1-41H;1-42H. The second kappa shape index (κ2) is 33.4. The topological polar surface area (TPSA) is 76.2 Å². The molecule has 0 aliphatic heterocycles. The van der Waals surface area contributed by atoms with E-state index in [1.807, 2.05) is 24.3 Å². The quantitative estimate of drug-likeness (QED) is 0.102. The first-order valence-corrected chi connectivity index (χ1v) is 46.6. The van der Waals surface area contributed by atoms with Crippen molar-refractivity contribution in [1.82, 2.24) is 42.8 Å². The molecule has 27 aromatic rings. The maximum absolute atomic E-state index is 5.21. The number of fused-ring (bicyclic) bond motifs is 15. The van der Waals surface area contributed by atoms with Crippen molar-refractivity contribution in [3.05, 3.63) is 504 Å². The maximum Gasteiger partial charge on any atom is 0.160 e.